The van der Waals surface area contributed by atoms with Gasteiger partial charge in [0.25, 0.3) is 0 Å². The summed E-state index contributed by atoms with van der Waals surface area (Å²) < 4.78 is 21.8. The van der Waals surface area contributed by atoms with Gasteiger partial charge in [-0.25, -0.2) is 8.51 Å². The molecule has 2 aromatic rings. The van der Waals surface area contributed by atoms with E-state index in [-0.39, 0.29) is 12.2 Å². The number of aliphatic hydroxyl groups is 1. The Kier molecular flexibility index (Phi) is 4.77. The number of fused-ring (bicyclic) bond motifs is 2. The van der Waals surface area contributed by atoms with Crippen molar-refractivity contribution in [1.82, 2.24) is 19.5 Å². The van der Waals surface area contributed by atoms with Gasteiger partial charge in [-0.1, -0.05) is 18.2 Å². The van der Waals surface area contributed by atoms with Crippen LogP contribution in [0.1, 0.15) is 12.8 Å². The maximum absolute atomic E-state index is 13.4. The Labute approximate surface area is 177 Å². The quantitative estimate of drug-likeness (QED) is 0.683. The molecular formula is C20H25ClN4O3S. The Morgan fingerprint density at radius 2 is 2.07 bits per heavy atom. The molecule has 9 heteroatoms. The van der Waals surface area contributed by atoms with Crippen molar-refractivity contribution in [2.24, 2.45) is 0 Å². The molecule has 1 aromatic heterocycles. The second kappa shape index (κ2) is 7.08. The third-order valence-corrected chi connectivity index (χ3v) is 7.81. The minimum absolute atomic E-state index is 0.169. The lowest BCUT2D eigenvalue weighted by Crippen LogP contribution is -2.61. The minimum Gasteiger partial charge on any atom is -0.391 e. The van der Waals surface area contributed by atoms with Gasteiger partial charge in [0, 0.05) is 28.2 Å². The number of H-pyrrole nitrogens is 1. The fourth-order valence-corrected chi connectivity index (χ4v) is 6.27. The standard InChI is InChI=1S/C20H25ClN4O3S/c1-14-10-24(29(27)18-9-15-8-16(21)2-3-17(15)23-18)12-20(13-26)25(14)11-19(28-20)4-6-22-7-5-19/h2-3,8-9,22-23,26H,1,4-7,10-13H2. The second-order valence-electron chi connectivity index (χ2n) is 8.20. The third-order valence-electron chi connectivity index (χ3n) is 6.25. The monoisotopic (exact) mass is 436 g/mol. The molecule has 1 spiro atoms. The van der Waals surface area contributed by atoms with Crippen LogP contribution in [0.25, 0.3) is 10.9 Å². The summed E-state index contributed by atoms with van der Waals surface area (Å²) >= 11 is 6.08. The maximum atomic E-state index is 13.4. The summed E-state index contributed by atoms with van der Waals surface area (Å²) in [5, 5.41) is 15.9. The Balaban J connectivity index is 1.43. The molecule has 0 aliphatic carbocycles. The van der Waals surface area contributed by atoms with Gasteiger partial charge in [0.05, 0.1) is 25.3 Å². The number of nitrogens with one attached hydrogen (secondary N) is 2. The number of aliphatic hydroxyl groups excluding tert-OH is 1. The van der Waals surface area contributed by atoms with E-state index >= 15 is 0 Å². The zero-order chi connectivity index (χ0) is 20.2. The van der Waals surface area contributed by atoms with E-state index < -0.39 is 16.7 Å². The first-order valence-electron chi connectivity index (χ1n) is 9.86. The van der Waals surface area contributed by atoms with Crippen molar-refractivity contribution in [2.45, 2.75) is 29.2 Å². The van der Waals surface area contributed by atoms with E-state index in [2.05, 4.69) is 21.8 Å². The van der Waals surface area contributed by atoms with E-state index in [0.29, 0.717) is 23.1 Å². The number of hydrogen-bond donors (Lipinski definition) is 3. The fraction of sp³-hybridized carbons (Fsp3) is 0.500. The molecule has 0 amide bonds. The number of ether oxygens (including phenoxy) is 1. The van der Waals surface area contributed by atoms with E-state index in [9.17, 15) is 9.32 Å². The zero-order valence-electron chi connectivity index (χ0n) is 16.1. The van der Waals surface area contributed by atoms with E-state index in [1.165, 1.54) is 0 Å². The van der Waals surface area contributed by atoms with Crippen LogP contribution < -0.4 is 5.32 Å². The molecule has 156 valence electrons. The molecule has 3 saturated heterocycles. The van der Waals surface area contributed by atoms with Gasteiger partial charge >= 0.3 is 0 Å². The smallest absolute Gasteiger partial charge is 0.178 e. The molecule has 29 heavy (non-hydrogen) atoms. The molecule has 0 bridgehead atoms. The number of benzene rings is 1. The molecule has 0 radical (unpaired) electrons. The van der Waals surface area contributed by atoms with Crippen LogP contribution in [0.15, 0.2) is 41.6 Å². The summed E-state index contributed by atoms with van der Waals surface area (Å²) in [5.74, 6) is 0. The van der Waals surface area contributed by atoms with Crippen LogP contribution in [-0.2, 0) is 15.7 Å². The van der Waals surface area contributed by atoms with Crippen LogP contribution in [0.4, 0.5) is 0 Å². The van der Waals surface area contributed by atoms with Crippen LogP contribution in [0.3, 0.4) is 0 Å². The molecule has 0 saturated carbocycles. The van der Waals surface area contributed by atoms with Gasteiger partial charge in [-0.15, -0.1) is 0 Å². The van der Waals surface area contributed by atoms with Crippen molar-refractivity contribution >= 4 is 33.5 Å². The first-order valence-corrected chi connectivity index (χ1v) is 11.3. The van der Waals surface area contributed by atoms with Gasteiger partial charge in [0.15, 0.2) is 5.72 Å². The number of halogens is 1. The first kappa shape index (κ1) is 19.5. The molecule has 3 aliphatic rings. The molecule has 5 rings (SSSR count). The topological polar surface area (TPSA) is 80.8 Å². The van der Waals surface area contributed by atoms with E-state index in [0.717, 1.165) is 49.1 Å². The van der Waals surface area contributed by atoms with Crippen molar-refractivity contribution < 1.29 is 14.1 Å². The molecule has 3 aliphatic heterocycles. The normalized spacial score (nSPS) is 28.2. The van der Waals surface area contributed by atoms with Crippen LogP contribution in [0, 0.1) is 0 Å². The van der Waals surface area contributed by atoms with Gasteiger partial charge in [0.2, 0.25) is 0 Å². The average molecular weight is 437 g/mol. The van der Waals surface area contributed by atoms with E-state index in [4.69, 9.17) is 16.3 Å². The predicted molar refractivity (Wildman–Crippen MR) is 113 cm³/mol. The van der Waals surface area contributed by atoms with E-state index in [1.54, 1.807) is 6.07 Å². The van der Waals surface area contributed by atoms with Crippen molar-refractivity contribution in [2.75, 3.05) is 39.3 Å². The molecule has 4 heterocycles. The highest BCUT2D eigenvalue weighted by molar-refractivity contribution is 7.82. The number of aromatic nitrogens is 1. The highest BCUT2D eigenvalue weighted by Gasteiger charge is 2.57. The fourth-order valence-electron chi connectivity index (χ4n) is 4.80. The van der Waals surface area contributed by atoms with Gasteiger partial charge in [-0.3, -0.25) is 0 Å². The number of piperidine rings is 1. The highest BCUT2D eigenvalue weighted by Crippen LogP contribution is 2.44. The molecule has 1 aromatic carbocycles. The lowest BCUT2D eigenvalue weighted by molar-refractivity contribution is -0.175. The SMILES string of the molecule is C=C1CN(S(=O)c2cc3cc(Cl)ccc3[nH]2)CC2(CO)OC3(CCNCC3)CN12. The summed E-state index contributed by atoms with van der Waals surface area (Å²) in [7, 11) is -1.44. The predicted octanol–water partition coefficient (Wildman–Crippen LogP) is 1.82. The molecule has 3 N–H and O–H groups in total. The van der Waals surface area contributed by atoms with Gasteiger partial charge in [-0.05, 0) is 50.2 Å². The van der Waals surface area contributed by atoms with Crippen molar-refractivity contribution in [1.29, 1.82) is 0 Å². The van der Waals surface area contributed by atoms with Crippen LogP contribution >= 0.6 is 11.6 Å². The second-order valence-corrected chi connectivity index (χ2v) is 10.1. The van der Waals surface area contributed by atoms with Crippen LogP contribution in [-0.4, -0.2) is 74.2 Å². The molecule has 2 atom stereocenters. The summed E-state index contributed by atoms with van der Waals surface area (Å²) in [6.45, 7) is 7.38. The number of piperazine rings is 1. The Morgan fingerprint density at radius 3 is 2.83 bits per heavy atom. The average Bonchev–Trinajstić information content (AvgIpc) is 3.27. The molecule has 3 fully saturated rings. The maximum Gasteiger partial charge on any atom is 0.178 e. The number of aromatic amines is 1. The Hall–Kier alpha value is -1.42. The van der Waals surface area contributed by atoms with E-state index in [1.807, 2.05) is 22.5 Å². The molecule has 7 nitrogen and oxygen atoms in total. The number of rotatable bonds is 3. The summed E-state index contributed by atoms with van der Waals surface area (Å²) in [5.41, 5.74) is 0.523. The minimum atomic E-state index is -1.44. The van der Waals surface area contributed by atoms with Crippen molar-refractivity contribution in [3.63, 3.8) is 0 Å². The molecule has 2 unspecified atom stereocenters. The Morgan fingerprint density at radius 1 is 1.28 bits per heavy atom. The third kappa shape index (κ3) is 3.22. The summed E-state index contributed by atoms with van der Waals surface area (Å²) in [6, 6.07) is 7.40. The number of nitrogens with zero attached hydrogens (tertiary/aromatic N) is 2. The highest BCUT2D eigenvalue weighted by atomic mass is 35.5. The summed E-state index contributed by atoms with van der Waals surface area (Å²) in [6.07, 6.45) is 1.79. The first-order chi connectivity index (χ1) is 13.9. The van der Waals surface area contributed by atoms with Gasteiger partial charge < -0.3 is 25.0 Å². The zero-order valence-corrected chi connectivity index (χ0v) is 17.7. The lowest BCUT2D eigenvalue weighted by Gasteiger charge is -2.46. The molecular weight excluding hydrogens is 412 g/mol. The van der Waals surface area contributed by atoms with Gasteiger partial charge in [-0.2, -0.15) is 0 Å². The Bertz CT molecular complexity index is 989. The van der Waals surface area contributed by atoms with Gasteiger partial charge in [0.1, 0.15) is 16.0 Å². The van der Waals surface area contributed by atoms with Crippen LogP contribution in [0.2, 0.25) is 5.02 Å². The van der Waals surface area contributed by atoms with Crippen molar-refractivity contribution in [3.8, 4) is 0 Å². The lowest BCUT2D eigenvalue weighted by atomic mass is 9.92. The summed E-state index contributed by atoms with van der Waals surface area (Å²) in [4.78, 5) is 5.32. The number of hydrogen-bond acceptors (Lipinski definition) is 5. The largest absolute Gasteiger partial charge is 0.391 e. The van der Waals surface area contributed by atoms with Crippen LogP contribution in [0.5, 0.6) is 0 Å². The van der Waals surface area contributed by atoms with Crippen molar-refractivity contribution in [3.05, 3.63) is 41.6 Å².